The van der Waals surface area contributed by atoms with E-state index >= 15 is 0 Å². The molecule has 7 nitrogen and oxygen atoms in total. The van der Waals surface area contributed by atoms with Gasteiger partial charge in [-0.2, -0.15) is 5.10 Å². The first-order valence-corrected chi connectivity index (χ1v) is 7.64. The Morgan fingerprint density at radius 1 is 1.35 bits per heavy atom. The summed E-state index contributed by atoms with van der Waals surface area (Å²) in [7, 11) is -0.0363. The van der Waals surface area contributed by atoms with Gasteiger partial charge in [0.2, 0.25) is 10.0 Å². The molecule has 0 atom stereocenters. The first-order chi connectivity index (χ1) is 9.42. The molecule has 2 N–H and O–H groups in total. The summed E-state index contributed by atoms with van der Waals surface area (Å²) in [5.41, 5.74) is 1.52. The van der Waals surface area contributed by atoms with Crippen LogP contribution in [-0.2, 0) is 37.1 Å². The first kappa shape index (κ1) is 14.8. The van der Waals surface area contributed by atoms with Crippen LogP contribution in [-0.4, -0.2) is 34.4 Å². The summed E-state index contributed by atoms with van der Waals surface area (Å²) in [5, 5.41) is 13.1. The van der Waals surface area contributed by atoms with Crippen LogP contribution in [0.1, 0.15) is 11.3 Å². The van der Waals surface area contributed by atoms with Crippen LogP contribution in [0, 0.1) is 0 Å². The fraction of sp³-hybridized carbons (Fsp3) is 0.417. The highest BCUT2D eigenvalue weighted by molar-refractivity contribution is 7.89. The zero-order valence-corrected chi connectivity index (χ0v) is 12.3. The van der Waals surface area contributed by atoms with Crippen molar-refractivity contribution in [1.82, 2.24) is 19.1 Å². The molecule has 0 saturated heterocycles. The van der Waals surface area contributed by atoms with Crippen molar-refractivity contribution in [3.8, 4) is 0 Å². The summed E-state index contributed by atoms with van der Waals surface area (Å²) < 4.78 is 30.0. The van der Waals surface area contributed by atoms with Gasteiger partial charge in [-0.25, -0.2) is 13.1 Å². The average Bonchev–Trinajstić information content (AvgIpc) is 2.95. The molecule has 2 heterocycles. The number of rotatable bonds is 6. The topological polar surface area (TPSA) is 89.1 Å². The van der Waals surface area contributed by atoms with Crippen LogP contribution in [0.3, 0.4) is 0 Å². The third kappa shape index (κ3) is 3.27. The van der Waals surface area contributed by atoms with Crippen LogP contribution < -0.4 is 4.72 Å². The molecule has 0 spiro atoms. The van der Waals surface area contributed by atoms with Gasteiger partial charge in [-0.15, -0.1) is 0 Å². The Morgan fingerprint density at radius 2 is 2.10 bits per heavy atom. The van der Waals surface area contributed by atoms with Crippen molar-refractivity contribution in [2.45, 2.75) is 17.9 Å². The second kappa shape index (κ2) is 5.78. The third-order valence-corrected chi connectivity index (χ3v) is 4.45. The maximum absolute atomic E-state index is 12.1. The highest BCUT2D eigenvalue weighted by atomic mass is 32.2. The summed E-state index contributed by atoms with van der Waals surface area (Å²) >= 11 is 0. The highest BCUT2D eigenvalue weighted by Gasteiger charge is 2.16. The van der Waals surface area contributed by atoms with Crippen LogP contribution >= 0.6 is 0 Å². The molecule has 0 radical (unpaired) electrons. The summed E-state index contributed by atoms with van der Waals surface area (Å²) in [4.78, 5) is 0.162. The zero-order chi connectivity index (χ0) is 14.8. The second-order valence-corrected chi connectivity index (χ2v) is 6.37. The maximum Gasteiger partial charge on any atom is 0.242 e. The van der Waals surface area contributed by atoms with Crippen molar-refractivity contribution >= 4 is 10.0 Å². The van der Waals surface area contributed by atoms with Crippen molar-refractivity contribution in [1.29, 1.82) is 0 Å². The molecular weight excluding hydrogens is 280 g/mol. The van der Waals surface area contributed by atoms with E-state index in [4.69, 9.17) is 5.11 Å². The van der Waals surface area contributed by atoms with Crippen molar-refractivity contribution in [3.05, 3.63) is 35.9 Å². The molecular formula is C12H18N4O3S. The fourth-order valence-corrected chi connectivity index (χ4v) is 3.02. The number of aliphatic hydroxyl groups is 1. The third-order valence-electron chi connectivity index (χ3n) is 3.02. The van der Waals surface area contributed by atoms with Crippen LogP contribution in [0.15, 0.2) is 29.6 Å². The Bertz CT molecular complexity index is 687. The van der Waals surface area contributed by atoms with Crippen LogP contribution in [0.4, 0.5) is 0 Å². The molecule has 8 heteroatoms. The Morgan fingerprint density at radius 3 is 2.65 bits per heavy atom. The molecule has 0 aromatic carbocycles. The molecule has 0 aliphatic heterocycles. The normalized spacial score (nSPS) is 11.9. The highest BCUT2D eigenvalue weighted by Crippen LogP contribution is 2.13. The monoisotopic (exact) mass is 298 g/mol. The minimum absolute atomic E-state index is 0.162. The molecule has 0 unspecified atom stereocenters. The Kier molecular flexibility index (Phi) is 4.26. The molecule has 0 aliphatic rings. The molecule has 0 bridgehead atoms. The predicted molar refractivity (Wildman–Crippen MR) is 73.4 cm³/mol. The summed E-state index contributed by atoms with van der Waals surface area (Å²) in [6, 6.07) is 1.46. The van der Waals surface area contributed by atoms with E-state index < -0.39 is 10.0 Å². The largest absolute Gasteiger partial charge is 0.390 e. The molecule has 0 fully saturated rings. The molecule has 2 aromatic rings. The van der Waals surface area contributed by atoms with Crippen LogP contribution in [0.2, 0.25) is 0 Å². The van der Waals surface area contributed by atoms with E-state index in [1.165, 1.54) is 12.3 Å². The second-order valence-electron chi connectivity index (χ2n) is 4.61. The van der Waals surface area contributed by atoms with E-state index in [9.17, 15) is 8.42 Å². The SMILES string of the molecule is Cn1cc(CCNS(=O)(=O)c2cc(CO)n(C)c2)cn1. The van der Waals surface area contributed by atoms with E-state index in [2.05, 4.69) is 9.82 Å². The van der Waals surface area contributed by atoms with E-state index in [0.717, 1.165) is 5.56 Å². The van der Waals surface area contributed by atoms with Crippen molar-refractivity contribution < 1.29 is 13.5 Å². The lowest BCUT2D eigenvalue weighted by Crippen LogP contribution is -2.25. The average molecular weight is 298 g/mol. The van der Waals surface area contributed by atoms with Gasteiger partial charge in [0.25, 0.3) is 0 Å². The number of aryl methyl sites for hydroxylation is 2. The van der Waals surface area contributed by atoms with Crippen molar-refractivity contribution in [2.75, 3.05) is 6.54 Å². The lowest BCUT2D eigenvalue weighted by atomic mass is 10.3. The Labute approximate surface area is 117 Å². The molecule has 0 amide bonds. The van der Waals surface area contributed by atoms with Crippen LogP contribution in [0.5, 0.6) is 0 Å². The number of aromatic nitrogens is 3. The zero-order valence-electron chi connectivity index (χ0n) is 11.4. The molecule has 20 heavy (non-hydrogen) atoms. The van der Waals surface area contributed by atoms with Crippen molar-refractivity contribution in [2.24, 2.45) is 14.1 Å². The maximum atomic E-state index is 12.1. The molecule has 2 rings (SSSR count). The lowest BCUT2D eigenvalue weighted by molar-refractivity contribution is 0.272. The minimum atomic E-state index is -3.54. The molecule has 0 aliphatic carbocycles. The summed E-state index contributed by atoms with van der Waals surface area (Å²) in [6.07, 6.45) is 5.62. The summed E-state index contributed by atoms with van der Waals surface area (Å²) in [6.45, 7) is 0.110. The molecule has 110 valence electrons. The first-order valence-electron chi connectivity index (χ1n) is 6.15. The Hall–Kier alpha value is -1.64. The van der Waals surface area contributed by atoms with Gasteiger partial charge in [0.15, 0.2) is 0 Å². The van der Waals surface area contributed by atoms with Gasteiger partial charge >= 0.3 is 0 Å². The van der Waals surface area contributed by atoms with Gasteiger partial charge in [-0.05, 0) is 18.1 Å². The van der Waals surface area contributed by atoms with Gasteiger partial charge in [-0.1, -0.05) is 0 Å². The smallest absolute Gasteiger partial charge is 0.242 e. The fourth-order valence-electron chi connectivity index (χ4n) is 1.90. The van der Waals surface area contributed by atoms with Gasteiger partial charge in [0.05, 0.1) is 17.7 Å². The molecule has 0 saturated carbocycles. The lowest BCUT2D eigenvalue weighted by Gasteiger charge is -2.03. The van der Waals surface area contributed by atoms with Gasteiger partial charge < -0.3 is 9.67 Å². The van der Waals surface area contributed by atoms with Gasteiger partial charge in [-0.3, -0.25) is 4.68 Å². The number of hydrogen-bond donors (Lipinski definition) is 2. The number of sulfonamides is 1. The molecule has 2 aromatic heterocycles. The van der Waals surface area contributed by atoms with E-state index in [0.29, 0.717) is 18.7 Å². The number of hydrogen-bond acceptors (Lipinski definition) is 4. The van der Waals surface area contributed by atoms with Gasteiger partial charge in [0, 0.05) is 38.7 Å². The standard InChI is InChI=1S/C12H18N4O3S/c1-15-8-12(5-11(15)9-17)20(18,19)14-4-3-10-6-13-16(2)7-10/h5-8,14,17H,3-4,9H2,1-2H3. The number of nitrogens with zero attached hydrogens (tertiary/aromatic N) is 3. The summed E-state index contributed by atoms with van der Waals surface area (Å²) in [5.74, 6) is 0. The minimum Gasteiger partial charge on any atom is -0.390 e. The predicted octanol–water partition coefficient (Wildman–Crippen LogP) is -0.228. The Balaban J connectivity index is 2.00. The van der Waals surface area contributed by atoms with E-state index in [-0.39, 0.29) is 11.5 Å². The quantitative estimate of drug-likeness (QED) is 0.771. The van der Waals surface area contributed by atoms with Crippen molar-refractivity contribution in [3.63, 3.8) is 0 Å². The van der Waals surface area contributed by atoms with E-state index in [1.54, 1.807) is 22.5 Å². The number of aliphatic hydroxyl groups excluding tert-OH is 1. The number of nitrogens with one attached hydrogen (secondary N) is 1. The van der Waals surface area contributed by atoms with Gasteiger partial charge in [0.1, 0.15) is 0 Å². The van der Waals surface area contributed by atoms with E-state index in [1.807, 2.05) is 13.2 Å². The van der Waals surface area contributed by atoms with Crippen LogP contribution in [0.25, 0.3) is 0 Å².